The van der Waals surface area contributed by atoms with Crippen LogP contribution >= 0.6 is 0 Å². The molecule has 1 N–H and O–H groups in total. The number of para-hydroxylation sites is 1. The number of aromatic nitrogens is 1. The van der Waals surface area contributed by atoms with Gasteiger partial charge < -0.3 is 19.7 Å². The summed E-state index contributed by atoms with van der Waals surface area (Å²) in [5.41, 5.74) is 4.93. The van der Waals surface area contributed by atoms with Gasteiger partial charge in [-0.15, -0.1) is 0 Å². The molecule has 1 spiro atoms. The summed E-state index contributed by atoms with van der Waals surface area (Å²) in [7, 11) is 0. The summed E-state index contributed by atoms with van der Waals surface area (Å²) < 4.78 is 11.5. The molecular weight excluding hydrogens is 366 g/mol. The lowest BCUT2D eigenvalue weighted by Gasteiger charge is -2.37. The molecule has 0 atom stereocenters. The van der Waals surface area contributed by atoms with Crippen molar-refractivity contribution in [1.82, 2.24) is 9.88 Å². The normalized spacial score (nSPS) is 18.4. The Hall–Kier alpha value is -2.44. The summed E-state index contributed by atoms with van der Waals surface area (Å²) >= 11 is 0. The van der Waals surface area contributed by atoms with Crippen LogP contribution in [0.1, 0.15) is 54.1 Å². The smallest absolute Gasteiger partial charge is 0.255 e. The highest BCUT2D eigenvalue weighted by Crippen LogP contribution is 2.33. The van der Waals surface area contributed by atoms with Crippen molar-refractivity contribution in [3.05, 3.63) is 53.3 Å². The van der Waals surface area contributed by atoms with Crippen LogP contribution in [0.15, 0.2) is 36.7 Å². The number of pyridine rings is 1. The van der Waals surface area contributed by atoms with Crippen molar-refractivity contribution in [2.24, 2.45) is 0 Å². The van der Waals surface area contributed by atoms with Gasteiger partial charge in [0.1, 0.15) is 0 Å². The number of amides is 1. The molecule has 0 radical (unpaired) electrons. The summed E-state index contributed by atoms with van der Waals surface area (Å²) in [6, 6.07) is 8.19. The number of benzene rings is 1. The monoisotopic (exact) mass is 395 g/mol. The van der Waals surface area contributed by atoms with Crippen LogP contribution in [0.25, 0.3) is 0 Å². The molecule has 1 amide bonds. The van der Waals surface area contributed by atoms with Gasteiger partial charge in [-0.2, -0.15) is 0 Å². The molecule has 6 heteroatoms. The van der Waals surface area contributed by atoms with Crippen LogP contribution < -0.4 is 5.32 Å². The van der Waals surface area contributed by atoms with E-state index < -0.39 is 5.79 Å². The Morgan fingerprint density at radius 1 is 1.17 bits per heavy atom. The van der Waals surface area contributed by atoms with Gasteiger partial charge in [-0.3, -0.25) is 9.78 Å². The molecule has 0 bridgehead atoms. The Morgan fingerprint density at radius 3 is 2.59 bits per heavy atom. The molecule has 29 heavy (non-hydrogen) atoms. The number of carbonyl (C=O) groups excluding carboxylic acids is 1. The van der Waals surface area contributed by atoms with Crippen molar-refractivity contribution in [3.8, 4) is 0 Å². The maximum atomic E-state index is 13.0. The molecule has 3 heterocycles. The van der Waals surface area contributed by atoms with Crippen LogP contribution in [-0.4, -0.2) is 47.9 Å². The maximum absolute atomic E-state index is 13.0. The molecule has 4 rings (SSSR count). The van der Waals surface area contributed by atoms with E-state index in [2.05, 4.69) is 49.3 Å². The summed E-state index contributed by atoms with van der Waals surface area (Å²) in [4.78, 5) is 19.2. The zero-order chi connectivity index (χ0) is 20.4. The standard InChI is InChI=1S/C23H29N3O3/c1-16(2)20-6-4-5-17(3)21(20)25-19-13-18(14-24-15-19)22(27)26-9-7-23(8-10-26)28-11-12-29-23/h4-6,13-16,25H,7-12H2,1-3H3. The van der Waals surface area contributed by atoms with E-state index in [1.54, 1.807) is 12.4 Å². The van der Waals surface area contributed by atoms with Crippen molar-refractivity contribution in [2.75, 3.05) is 31.6 Å². The number of rotatable bonds is 4. The van der Waals surface area contributed by atoms with Crippen LogP contribution in [-0.2, 0) is 9.47 Å². The molecule has 0 unspecified atom stereocenters. The van der Waals surface area contributed by atoms with Gasteiger partial charge in [0, 0.05) is 37.8 Å². The van der Waals surface area contributed by atoms with Crippen LogP contribution in [0.3, 0.4) is 0 Å². The van der Waals surface area contributed by atoms with E-state index in [0.717, 1.165) is 11.4 Å². The van der Waals surface area contributed by atoms with Crippen molar-refractivity contribution in [1.29, 1.82) is 0 Å². The number of anilines is 2. The van der Waals surface area contributed by atoms with E-state index in [4.69, 9.17) is 9.47 Å². The van der Waals surface area contributed by atoms with Crippen LogP contribution in [0.5, 0.6) is 0 Å². The number of carbonyl (C=O) groups is 1. The summed E-state index contributed by atoms with van der Waals surface area (Å²) in [5.74, 6) is -0.0741. The predicted octanol–water partition coefficient (Wildman–Crippen LogP) is 4.24. The summed E-state index contributed by atoms with van der Waals surface area (Å²) in [6.07, 6.45) is 4.83. The Labute approximate surface area is 172 Å². The van der Waals surface area contributed by atoms with Gasteiger partial charge in [-0.1, -0.05) is 32.0 Å². The van der Waals surface area contributed by atoms with Gasteiger partial charge in [-0.05, 0) is 30.0 Å². The van der Waals surface area contributed by atoms with Gasteiger partial charge in [0.25, 0.3) is 5.91 Å². The molecule has 1 aromatic carbocycles. The molecule has 2 saturated heterocycles. The quantitative estimate of drug-likeness (QED) is 0.839. The average Bonchev–Trinajstić information content (AvgIpc) is 3.17. The first-order valence-electron chi connectivity index (χ1n) is 10.4. The number of nitrogens with zero attached hydrogens (tertiary/aromatic N) is 2. The van der Waals surface area contributed by atoms with Crippen LogP contribution in [0.2, 0.25) is 0 Å². The molecule has 6 nitrogen and oxygen atoms in total. The summed E-state index contributed by atoms with van der Waals surface area (Å²) in [6.45, 7) is 8.99. The fourth-order valence-electron chi connectivity index (χ4n) is 4.13. The highest BCUT2D eigenvalue weighted by Gasteiger charge is 2.40. The van der Waals surface area contributed by atoms with Gasteiger partial charge in [0.15, 0.2) is 5.79 Å². The molecule has 2 aliphatic rings. The molecule has 0 saturated carbocycles. The third-order valence-corrected chi connectivity index (χ3v) is 5.81. The first-order chi connectivity index (χ1) is 14.0. The van der Waals surface area contributed by atoms with E-state index >= 15 is 0 Å². The SMILES string of the molecule is Cc1cccc(C(C)C)c1Nc1cncc(C(=O)N2CCC3(CC2)OCCO3)c1. The van der Waals surface area contributed by atoms with Crippen molar-refractivity contribution in [3.63, 3.8) is 0 Å². The lowest BCUT2D eigenvalue weighted by molar-refractivity contribution is -0.181. The molecular formula is C23H29N3O3. The fraction of sp³-hybridized carbons (Fsp3) is 0.478. The van der Waals surface area contributed by atoms with E-state index in [-0.39, 0.29) is 5.91 Å². The van der Waals surface area contributed by atoms with Crippen molar-refractivity contribution in [2.45, 2.75) is 45.3 Å². The number of nitrogens with one attached hydrogen (secondary N) is 1. The second kappa shape index (κ2) is 8.13. The molecule has 1 aromatic heterocycles. The average molecular weight is 396 g/mol. The summed E-state index contributed by atoms with van der Waals surface area (Å²) in [5, 5.41) is 3.49. The first kappa shape index (κ1) is 19.9. The first-order valence-corrected chi connectivity index (χ1v) is 10.4. The van der Waals surface area contributed by atoms with Crippen molar-refractivity contribution < 1.29 is 14.3 Å². The Morgan fingerprint density at radius 2 is 1.90 bits per heavy atom. The Balaban J connectivity index is 1.49. The minimum absolute atomic E-state index is 0.00265. The number of piperidine rings is 1. The second-order valence-corrected chi connectivity index (χ2v) is 8.18. The number of aryl methyl sites for hydroxylation is 1. The molecule has 154 valence electrons. The Kier molecular flexibility index (Phi) is 5.56. The third-order valence-electron chi connectivity index (χ3n) is 5.81. The zero-order valence-corrected chi connectivity index (χ0v) is 17.4. The number of hydrogen-bond donors (Lipinski definition) is 1. The maximum Gasteiger partial charge on any atom is 0.255 e. The van der Waals surface area contributed by atoms with E-state index in [9.17, 15) is 4.79 Å². The minimum atomic E-state index is -0.476. The van der Waals surface area contributed by atoms with E-state index in [0.29, 0.717) is 50.6 Å². The van der Waals surface area contributed by atoms with Gasteiger partial charge in [0.2, 0.25) is 0 Å². The predicted molar refractivity (Wildman–Crippen MR) is 113 cm³/mol. The lowest BCUT2D eigenvalue weighted by atomic mass is 9.98. The highest BCUT2D eigenvalue weighted by atomic mass is 16.7. The minimum Gasteiger partial charge on any atom is -0.354 e. The Bertz CT molecular complexity index is 881. The topological polar surface area (TPSA) is 63.7 Å². The molecule has 0 aliphatic carbocycles. The molecule has 2 aromatic rings. The van der Waals surface area contributed by atoms with Gasteiger partial charge in [-0.25, -0.2) is 0 Å². The van der Waals surface area contributed by atoms with E-state index in [1.165, 1.54) is 11.1 Å². The number of likely N-dealkylation sites (tertiary alicyclic amines) is 1. The zero-order valence-electron chi connectivity index (χ0n) is 17.4. The lowest BCUT2D eigenvalue weighted by Crippen LogP contribution is -2.47. The van der Waals surface area contributed by atoms with Crippen molar-refractivity contribution >= 4 is 17.3 Å². The van der Waals surface area contributed by atoms with Gasteiger partial charge >= 0.3 is 0 Å². The van der Waals surface area contributed by atoms with E-state index in [1.807, 2.05) is 11.0 Å². The van der Waals surface area contributed by atoms with Crippen LogP contribution in [0, 0.1) is 6.92 Å². The number of hydrogen-bond acceptors (Lipinski definition) is 5. The molecule has 2 fully saturated rings. The largest absolute Gasteiger partial charge is 0.354 e. The van der Waals surface area contributed by atoms with Gasteiger partial charge in [0.05, 0.1) is 30.7 Å². The third kappa shape index (κ3) is 4.14. The highest BCUT2D eigenvalue weighted by molar-refractivity contribution is 5.95. The number of ether oxygens (including phenoxy) is 2. The van der Waals surface area contributed by atoms with Crippen LogP contribution in [0.4, 0.5) is 11.4 Å². The fourth-order valence-corrected chi connectivity index (χ4v) is 4.13. The second-order valence-electron chi connectivity index (χ2n) is 8.18. The molecule has 2 aliphatic heterocycles.